The summed E-state index contributed by atoms with van der Waals surface area (Å²) in [7, 11) is 0. The molecule has 0 aliphatic carbocycles. The molecular weight excluding hydrogens is 340 g/mol. The molecule has 5 nitrogen and oxygen atoms in total. The minimum Gasteiger partial charge on any atom is -0.481 e. The molecule has 1 aliphatic rings. The van der Waals surface area contributed by atoms with Crippen molar-refractivity contribution in [3.05, 3.63) is 60.2 Å². The molecule has 1 unspecified atom stereocenters. The van der Waals surface area contributed by atoms with Gasteiger partial charge in [-0.05, 0) is 62.1 Å². The van der Waals surface area contributed by atoms with Crippen molar-refractivity contribution in [1.82, 2.24) is 4.90 Å². The van der Waals surface area contributed by atoms with E-state index in [1.807, 2.05) is 35.2 Å². The monoisotopic (exact) mass is 366 g/mol. The lowest BCUT2D eigenvalue weighted by atomic mass is 9.98. The minimum atomic E-state index is -0.621. The number of hydrogen-bond acceptors (Lipinski definition) is 3. The largest absolute Gasteiger partial charge is 0.481 e. The molecule has 2 amide bonds. The molecule has 2 aromatic rings. The number of nitrogens with zero attached hydrogens (tertiary/aromatic N) is 1. The van der Waals surface area contributed by atoms with Gasteiger partial charge in [-0.3, -0.25) is 9.59 Å². The predicted molar refractivity (Wildman–Crippen MR) is 106 cm³/mol. The van der Waals surface area contributed by atoms with Crippen LogP contribution in [-0.4, -0.2) is 35.9 Å². The summed E-state index contributed by atoms with van der Waals surface area (Å²) >= 11 is 0. The lowest BCUT2D eigenvalue weighted by Gasteiger charge is -2.30. The van der Waals surface area contributed by atoms with Crippen molar-refractivity contribution in [1.29, 1.82) is 0 Å². The molecule has 0 saturated carbocycles. The highest BCUT2D eigenvalue weighted by Crippen LogP contribution is 2.19. The van der Waals surface area contributed by atoms with Gasteiger partial charge >= 0.3 is 0 Å². The topological polar surface area (TPSA) is 58.6 Å². The van der Waals surface area contributed by atoms with Crippen molar-refractivity contribution in [2.75, 3.05) is 18.4 Å². The van der Waals surface area contributed by atoms with E-state index >= 15 is 0 Å². The third-order valence-electron chi connectivity index (χ3n) is 4.90. The molecule has 0 aromatic heterocycles. The molecular formula is C22H26N2O3. The van der Waals surface area contributed by atoms with Crippen molar-refractivity contribution < 1.29 is 14.3 Å². The Morgan fingerprint density at radius 1 is 1.04 bits per heavy atom. The third-order valence-corrected chi connectivity index (χ3v) is 4.90. The first kappa shape index (κ1) is 19.0. The zero-order valence-electron chi connectivity index (χ0n) is 15.9. The Labute approximate surface area is 160 Å². The summed E-state index contributed by atoms with van der Waals surface area (Å²) in [6.07, 6.45) is 1.49. The zero-order chi connectivity index (χ0) is 19.2. The Balaban J connectivity index is 1.55. The van der Waals surface area contributed by atoms with Gasteiger partial charge in [0, 0.05) is 24.3 Å². The SMILES string of the molecule is CC1CCN(C(=O)c2ccc(NC(=O)C(C)Oc3ccccc3)cc2)CC1. The molecule has 1 fully saturated rings. The molecule has 3 rings (SSSR count). The van der Waals surface area contributed by atoms with E-state index in [-0.39, 0.29) is 11.8 Å². The van der Waals surface area contributed by atoms with Crippen LogP contribution in [0.15, 0.2) is 54.6 Å². The maximum atomic E-state index is 12.6. The standard InChI is InChI=1S/C22H26N2O3/c1-16-12-14-24(15-13-16)22(26)18-8-10-19(11-9-18)23-21(25)17(2)27-20-6-4-3-5-7-20/h3-11,16-17H,12-15H2,1-2H3,(H,23,25). The molecule has 0 spiro atoms. The van der Waals surface area contributed by atoms with E-state index in [2.05, 4.69) is 12.2 Å². The number of hydrogen-bond donors (Lipinski definition) is 1. The predicted octanol–water partition coefficient (Wildman–Crippen LogP) is 3.96. The molecule has 27 heavy (non-hydrogen) atoms. The quantitative estimate of drug-likeness (QED) is 0.871. The maximum Gasteiger partial charge on any atom is 0.265 e. The third kappa shape index (κ3) is 5.09. The Hall–Kier alpha value is -2.82. The average Bonchev–Trinajstić information content (AvgIpc) is 2.69. The number of rotatable bonds is 5. The molecule has 142 valence electrons. The van der Waals surface area contributed by atoms with Gasteiger partial charge in [-0.15, -0.1) is 0 Å². The van der Waals surface area contributed by atoms with Crippen molar-refractivity contribution >= 4 is 17.5 Å². The Bertz CT molecular complexity index is 766. The van der Waals surface area contributed by atoms with Gasteiger partial charge in [0.1, 0.15) is 5.75 Å². The van der Waals surface area contributed by atoms with Gasteiger partial charge in [-0.25, -0.2) is 0 Å². The van der Waals surface area contributed by atoms with E-state index in [1.54, 1.807) is 31.2 Å². The van der Waals surface area contributed by atoms with Gasteiger partial charge in [-0.2, -0.15) is 0 Å². The van der Waals surface area contributed by atoms with E-state index in [0.717, 1.165) is 25.9 Å². The molecule has 0 bridgehead atoms. The minimum absolute atomic E-state index is 0.0561. The van der Waals surface area contributed by atoms with Gasteiger partial charge in [0.05, 0.1) is 0 Å². The highest BCUT2D eigenvalue weighted by atomic mass is 16.5. The fourth-order valence-corrected chi connectivity index (χ4v) is 3.09. The molecule has 2 aromatic carbocycles. The first-order valence-electron chi connectivity index (χ1n) is 9.45. The summed E-state index contributed by atoms with van der Waals surface area (Å²) in [5.74, 6) is 1.16. The number of amides is 2. The maximum absolute atomic E-state index is 12.6. The second-order valence-corrected chi connectivity index (χ2v) is 7.11. The van der Waals surface area contributed by atoms with E-state index in [9.17, 15) is 9.59 Å². The summed E-state index contributed by atoms with van der Waals surface area (Å²) in [5, 5.41) is 2.82. The van der Waals surface area contributed by atoms with Crippen LogP contribution in [0.2, 0.25) is 0 Å². The number of carbonyl (C=O) groups is 2. The van der Waals surface area contributed by atoms with Gasteiger partial charge in [0.25, 0.3) is 11.8 Å². The fraction of sp³-hybridized carbons (Fsp3) is 0.364. The van der Waals surface area contributed by atoms with Gasteiger partial charge in [0.2, 0.25) is 0 Å². The van der Waals surface area contributed by atoms with Crippen LogP contribution in [0, 0.1) is 5.92 Å². The molecule has 1 aliphatic heterocycles. The van der Waals surface area contributed by atoms with Gasteiger partial charge in [-0.1, -0.05) is 25.1 Å². The summed E-state index contributed by atoms with van der Waals surface area (Å²) in [4.78, 5) is 26.8. The van der Waals surface area contributed by atoms with Crippen LogP contribution >= 0.6 is 0 Å². The van der Waals surface area contributed by atoms with Crippen LogP contribution in [0.5, 0.6) is 5.75 Å². The van der Waals surface area contributed by atoms with E-state index in [4.69, 9.17) is 4.74 Å². The second kappa shape index (κ2) is 8.71. The Morgan fingerprint density at radius 2 is 1.67 bits per heavy atom. The van der Waals surface area contributed by atoms with E-state index in [1.165, 1.54) is 0 Å². The van der Waals surface area contributed by atoms with Crippen LogP contribution in [0.1, 0.15) is 37.0 Å². The highest BCUT2D eigenvalue weighted by molar-refractivity contribution is 5.96. The van der Waals surface area contributed by atoms with E-state index < -0.39 is 6.10 Å². The summed E-state index contributed by atoms with van der Waals surface area (Å²) in [6, 6.07) is 16.3. The highest BCUT2D eigenvalue weighted by Gasteiger charge is 2.21. The number of benzene rings is 2. The van der Waals surface area contributed by atoms with Crippen molar-refractivity contribution in [3.8, 4) is 5.75 Å². The Kier molecular flexibility index (Phi) is 6.12. The van der Waals surface area contributed by atoms with Crippen LogP contribution in [0.25, 0.3) is 0 Å². The lowest BCUT2D eigenvalue weighted by molar-refractivity contribution is -0.122. The molecule has 5 heteroatoms. The van der Waals surface area contributed by atoms with E-state index in [0.29, 0.717) is 22.9 Å². The summed E-state index contributed by atoms with van der Waals surface area (Å²) in [6.45, 7) is 5.55. The molecule has 1 saturated heterocycles. The summed E-state index contributed by atoms with van der Waals surface area (Å²) < 4.78 is 5.63. The number of piperidine rings is 1. The summed E-state index contributed by atoms with van der Waals surface area (Å²) in [5.41, 5.74) is 1.29. The molecule has 1 heterocycles. The first-order valence-corrected chi connectivity index (χ1v) is 9.45. The van der Waals surface area contributed by atoms with Crippen molar-refractivity contribution in [3.63, 3.8) is 0 Å². The van der Waals surface area contributed by atoms with Crippen molar-refractivity contribution in [2.45, 2.75) is 32.8 Å². The first-order chi connectivity index (χ1) is 13.0. The smallest absolute Gasteiger partial charge is 0.265 e. The lowest BCUT2D eigenvalue weighted by Crippen LogP contribution is -2.37. The number of para-hydroxylation sites is 1. The number of likely N-dealkylation sites (tertiary alicyclic amines) is 1. The van der Waals surface area contributed by atoms with Crippen LogP contribution in [0.4, 0.5) is 5.69 Å². The Morgan fingerprint density at radius 3 is 2.30 bits per heavy atom. The fourth-order valence-electron chi connectivity index (χ4n) is 3.09. The second-order valence-electron chi connectivity index (χ2n) is 7.11. The number of nitrogens with one attached hydrogen (secondary N) is 1. The van der Waals surface area contributed by atoms with Crippen molar-refractivity contribution in [2.24, 2.45) is 5.92 Å². The average molecular weight is 366 g/mol. The van der Waals surface area contributed by atoms with Gasteiger partial charge in [0.15, 0.2) is 6.10 Å². The molecule has 1 N–H and O–H groups in total. The molecule has 0 radical (unpaired) electrons. The number of ether oxygens (including phenoxy) is 1. The van der Waals surface area contributed by atoms with Crippen LogP contribution < -0.4 is 10.1 Å². The zero-order valence-corrected chi connectivity index (χ0v) is 15.9. The van der Waals surface area contributed by atoms with Crippen LogP contribution in [0.3, 0.4) is 0 Å². The van der Waals surface area contributed by atoms with Gasteiger partial charge < -0.3 is 15.0 Å². The molecule has 1 atom stereocenters. The normalized spacial score (nSPS) is 15.9. The van der Waals surface area contributed by atoms with Crippen LogP contribution in [-0.2, 0) is 4.79 Å². The number of carbonyl (C=O) groups excluding carboxylic acids is 2. The number of anilines is 1.